The van der Waals surface area contributed by atoms with Crippen LogP contribution in [0.1, 0.15) is 142 Å². The number of carbonyl (C=O) groups is 2. The normalized spacial score (nSPS) is 22.8. The molecule has 0 amide bonds. The van der Waals surface area contributed by atoms with E-state index >= 15 is 0 Å². The summed E-state index contributed by atoms with van der Waals surface area (Å²) in [5, 5.41) is 39.7. The highest BCUT2D eigenvalue weighted by atomic mass is 16.7. The third-order valence-corrected chi connectivity index (χ3v) is 7.99. The molecule has 254 valence electrons. The number of hydrogen-bond acceptors (Lipinski definition) is 10. The van der Waals surface area contributed by atoms with E-state index < -0.39 is 49.4 Å². The smallest absolute Gasteiger partial charge is 0.306 e. The summed E-state index contributed by atoms with van der Waals surface area (Å²) >= 11 is 0. The standard InChI is InChI=1S/C33H62O10/c1-3-5-7-9-11-13-15-17-19-21-28(35)40-24-26(25-41-33-32(39)31(38)30(37)27(23-34)43-33)42-29(36)22-20-18-16-14-12-10-8-6-4-2/h26-27,30-34,37-39H,3-25H2,1-2H3/t26-,27-,30+,31?,32?,33-/m1/s1. The van der Waals surface area contributed by atoms with Crippen LogP contribution in [0, 0.1) is 0 Å². The molecule has 1 saturated heterocycles. The van der Waals surface area contributed by atoms with Gasteiger partial charge in [-0.1, -0.05) is 117 Å². The van der Waals surface area contributed by atoms with Gasteiger partial charge in [-0.25, -0.2) is 0 Å². The molecule has 4 N–H and O–H groups in total. The van der Waals surface area contributed by atoms with Crippen molar-refractivity contribution in [2.45, 2.75) is 179 Å². The molecule has 0 bridgehead atoms. The Morgan fingerprint density at radius 3 is 1.58 bits per heavy atom. The van der Waals surface area contributed by atoms with Gasteiger partial charge in [0.15, 0.2) is 12.4 Å². The van der Waals surface area contributed by atoms with E-state index in [9.17, 15) is 30.0 Å². The van der Waals surface area contributed by atoms with Crippen LogP contribution in [0.3, 0.4) is 0 Å². The number of aliphatic hydroxyl groups is 4. The van der Waals surface area contributed by atoms with Crippen LogP contribution in [-0.4, -0.2) is 89.0 Å². The second kappa shape index (κ2) is 26.0. The molecule has 2 unspecified atom stereocenters. The molecule has 0 aliphatic carbocycles. The van der Waals surface area contributed by atoms with E-state index in [4.69, 9.17) is 18.9 Å². The zero-order chi connectivity index (χ0) is 31.7. The van der Waals surface area contributed by atoms with Crippen LogP contribution < -0.4 is 0 Å². The maximum Gasteiger partial charge on any atom is 0.306 e. The van der Waals surface area contributed by atoms with Crippen molar-refractivity contribution in [2.24, 2.45) is 0 Å². The lowest BCUT2D eigenvalue weighted by Crippen LogP contribution is -2.59. The van der Waals surface area contributed by atoms with Gasteiger partial charge in [0.05, 0.1) is 13.2 Å². The van der Waals surface area contributed by atoms with Crippen molar-refractivity contribution < 1.29 is 49.0 Å². The predicted octanol–water partition coefficient (Wildman–Crippen LogP) is 5.10. The van der Waals surface area contributed by atoms with Crippen LogP contribution in [0.2, 0.25) is 0 Å². The molecular formula is C33H62O10. The molecule has 0 aromatic heterocycles. The van der Waals surface area contributed by atoms with Crippen molar-refractivity contribution in [3.63, 3.8) is 0 Å². The summed E-state index contributed by atoms with van der Waals surface area (Å²) in [6.45, 7) is 3.35. The van der Waals surface area contributed by atoms with Gasteiger partial charge in [-0.15, -0.1) is 0 Å². The number of esters is 2. The quantitative estimate of drug-likeness (QED) is 0.0723. The van der Waals surface area contributed by atoms with Crippen molar-refractivity contribution in [1.82, 2.24) is 0 Å². The highest BCUT2D eigenvalue weighted by molar-refractivity contribution is 5.70. The van der Waals surface area contributed by atoms with E-state index in [0.29, 0.717) is 6.42 Å². The summed E-state index contributed by atoms with van der Waals surface area (Å²) in [5.41, 5.74) is 0. The molecule has 1 fully saturated rings. The molecule has 0 aromatic carbocycles. The van der Waals surface area contributed by atoms with Crippen LogP contribution in [0.15, 0.2) is 0 Å². The molecule has 0 aromatic rings. The molecule has 0 saturated carbocycles. The SMILES string of the molecule is CCCCCCCCCCCC(=O)OC[C@H](CO[C@@H]1O[C@H](CO)[C@H](O)C(O)C1O)OC(=O)CCCCCCCCCCC. The summed E-state index contributed by atoms with van der Waals surface area (Å²) in [6, 6.07) is 0. The zero-order valence-corrected chi connectivity index (χ0v) is 27.0. The largest absolute Gasteiger partial charge is 0.462 e. The first-order valence-corrected chi connectivity index (χ1v) is 17.1. The summed E-state index contributed by atoms with van der Waals surface area (Å²) < 4.78 is 21.9. The van der Waals surface area contributed by atoms with Crippen LogP contribution in [0.25, 0.3) is 0 Å². The lowest BCUT2D eigenvalue weighted by Gasteiger charge is -2.39. The van der Waals surface area contributed by atoms with Crippen LogP contribution >= 0.6 is 0 Å². The first-order valence-electron chi connectivity index (χ1n) is 17.1. The Morgan fingerprint density at radius 2 is 1.09 bits per heavy atom. The minimum Gasteiger partial charge on any atom is -0.462 e. The first-order chi connectivity index (χ1) is 20.8. The number of aliphatic hydroxyl groups excluding tert-OH is 4. The third kappa shape index (κ3) is 19.0. The third-order valence-electron chi connectivity index (χ3n) is 7.99. The van der Waals surface area contributed by atoms with Crippen LogP contribution in [0.5, 0.6) is 0 Å². The zero-order valence-electron chi connectivity index (χ0n) is 27.0. The van der Waals surface area contributed by atoms with Gasteiger partial charge >= 0.3 is 11.9 Å². The number of carbonyl (C=O) groups excluding carboxylic acids is 2. The summed E-state index contributed by atoms with van der Waals surface area (Å²) in [6.07, 6.45) is 12.8. The molecule has 0 radical (unpaired) electrons. The highest BCUT2D eigenvalue weighted by Gasteiger charge is 2.44. The molecule has 10 heteroatoms. The molecule has 10 nitrogen and oxygen atoms in total. The van der Waals surface area contributed by atoms with Gasteiger partial charge < -0.3 is 39.4 Å². The topological polar surface area (TPSA) is 152 Å². The minimum absolute atomic E-state index is 0.211. The summed E-state index contributed by atoms with van der Waals surface area (Å²) in [4.78, 5) is 24.9. The van der Waals surface area contributed by atoms with Crippen molar-refractivity contribution in [3.8, 4) is 0 Å². The first kappa shape index (κ1) is 39.7. The van der Waals surface area contributed by atoms with E-state index in [1.807, 2.05) is 0 Å². The van der Waals surface area contributed by atoms with Crippen molar-refractivity contribution >= 4 is 11.9 Å². The summed E-state index contributed by atoms with van der Waals surface area (Å²) in [7, 11) is 0. The van der Waals surface area contributed by atoms with Gasteiger partial charge in [-0.3, -0.25) is 9.59 Å². The van der Waals surface area contributed by atoms with E-state index in [0.717, 1.165) is 38.5 Å². The average Bonchev–Trinajstić information content (AvgIpc) is 3.00. The Bertz CT molecular complexity index is 689. The molecule has 1 aliphatic rings. The van der Waals surface area contributed by atoms with Gasteiger partial charge in [-0.2, -0.15) is 0 Å². The van der Waals surface area contributed by atoms with Gasteiger partial charge in [0.25, 0.3) is 0 Å². The number of ether oxygens (including phenoxy) is 4. The molecule has 1 heterocycles. The predicted molar refractivity (Wildman–Crippen MR) is 164 cm³/mol. The van der Waals surface area contributed by atoms with E-state index in [1.165, 1.54) is 70.6 Å². The molecule has 1 rings (SSSR count). The number of unbranched alkanes of at least 4 members (excludes halogenated alkanes) is 16. The van der Waals surface area contributed by atoms with Gasteiger partial charge in [-0.05, 0) is 12.8 Å². The second-order valence-corrected chi connectivity index (χ2v) is 12.0. The van der Waals surface area contributed by atoms with E-state index in [2.05, 4.69) is 13.8 Å². The fourth-order valence-electron chi connectivity index (χ4n) is 5.19. The Labute approximate surface area is 259 Å². The summed E-state index contributed by atoms with van der Waals surface area (Å²) in [5.74, 6) is -0.809. The van der Waals surface area contributed by atoms with Gasteiger partial charge in [0.1, 0.15) is 31.0 Å². The maximum atomic E-state index is 12.6. The monoisotopic (exact) mass is 618 g/mol. The van der Waals surface area contributed by atoms with Crippen LogP contribution in [-0.2, 0) is 28.5 Å². The van der Waals surface area contributed by atoms with Crippen molar-refractivity contribution in [3.05, 3.63) is 0 Å². The second-order valence-electron chi connectivity index (χ2n) is 12.0. The van der Waals surface area contributed by atoms with E-state index in [-0.39, 0.29) is 32.0 Å². The number of hydrogen-bond donors (Lipinski definition) is 4. The lowest BCUT2D eigenvalue weighted by atomic mass is 9.99. The minimum atomic E-state index is -1.59. The van der Waals surface area contributed by atoms with Crippen molar-refractivity contribution in [1.29, 1.82) is 0 Å². The fraction of sp³-hybridized carbons (Fsp3) is 0.939. The molecule has 0 spiro atoms. The molecular weight excluding hydrogens is 556 g/mol. The molecule has 43 heavy (non-hydrogen) atoms. The Balaban J connectivity index is 2.46. The number of rotatable bonds is 27. The lowest BCUT2D eigenvalue weighted by molar-refractivity contribution is -0.305. The molecule has 1 aliphatic heterocycles. The van der Waals surface area contributed by atoms with Crippen LogP contribution in [0.4, 0.5) is 0 Å². The van der Waals surface area contributed by atoms with Gasteiger partial charge in [0.2, 0.25) is 0 Å². The Kier molecular flexibility index (Phi) is 24.0. The van der Waals surface area contributed by atoms with Gasteiger partial charge in [0, 0.05) is 12.8 Å². The maximum absolute atomic E-state index is 12.6. The molecule has 6 atom stereocenters. The Hall–Kier alpha value is -1.30. The van der Waals surface area contributed by atoms with Crippen molar-refractivity contribution in [2.75, 3.05) is 19.8 Å². The highest BCUT2D eigenvalue weighted by Crippen LogP contribution is 2.22. The average molecular weight is 619 g/mol. The fourth-order valence-corrected chi connectivity index (χ4v) is 5.19. The van der Waals surface area contributed by atoms with E-state index in [1.54, 1.807) is 0 Å². The Morgan fingerprint density at radius 1 is 0.628 bits per heavy atom.